The van der Waals surface area contributed by atoms with Gasteiger partial charge in [0, 0.05) is 0 Å². The van der Waals surface area contributed by atoms with Crippen molar-refractivity contribution >= 4 is 0 Å². The minimum atomic E-state index is 0. The fourth-order valence-electron chi connectivity index (χ4n) is 2.45. The van der Waals surface area contributed by atoms with Crippen LogP contribution >= 0.6 is 0 Å². The Hall–Kier alpha value is 0.423. The summed E-state index contributed by atoms with van der Waals surface area (Å²) in [5.41, 5.74) is 2.96. The minimum absolute atomic E-state index is 0. The van der Waals surface area contributed by atoms with Gasteiger partial charge in [0.05, 0.1) is 0 Å². The number of halogens is 2. The maximum absolute atomic E-state index is 2.99. The van der Waals surface area contributed by atoms with Gasteiger partial charge in [-0.25, -0.2) is 12.2 Å². The van der Waals surface area contributed by atoms with Gasteiger partial charge < -0.3 is 31.2 Å². The molecule has 3 rings (SSSR count). The van der Waals surface area contributed by atoms with Crippen molar-refractivity contribution in [1.29, 1.82) is 0 Å². The molecule has 0 nitrogen and oxygen atoms in total. The van der Waals surface area contributed by atoms with Crippen LogP contribution in [0.25, 0.3) is 0 Å². The van der Waals surface area contributed by atoms with Crippen LogP contribution in [0.2, 0.25) is 0 Å². The third kappa shape index (κ3) is 6.61. The van der Waals surface area contributed by atoms with Gasteiger partial charge in [0.25, 0.3) is 0 Å². The van der Waals surface area contributed by atoms with Crippen molar-refractivity contribution < 1.29 is 51.0 Å². The average Bonchev–Trinajstić information content (AvgIpc) is 2.91. The van der Waals surface area contributed by atoms with Crippen LogP contribution in [-0.2, 0) is 26.2 Å². The van der Waals surface area contributed by atoms with Crippen LogP contribution in [0.15, 0.2) is 41.5 Å². The van der Waals surface area contributed by atoms with Gasteiger partial charge >= 0.3 is 26.2 Å². The van der Waals surface area contributed by atoms with E-state index in [1.165, 1.54) is 24.0 Å². The van der Waals surface area contributed by atoms with Gasteiger partial charge in [0.2, 0.25) is 0 Å². The molecule has 0 amide bonds. The molecule has 0 bridgehead atoms. The monoisotopic (exact) mass is 372 g/mol. The first-order chi connectivity index (χ1) is 7.77. The normalized spacial score (nSPS) is 25.6. The largest absolute Gasteiger partial charge is 4.00 e. The third-order valence-corrected chi connectivity index (χ3v) is 3.55. The van der Waals surface area contributed by atoms with Gasteiger partial charge in [-0.1, -0.05) is 23.6 Å². The van der Waals surface area contributed by atoms with Crippen molar-refractivity contribution in [2.75, 3.05) is 0 Å². The van der Waals surface area contributed by atoms with Crippen LogP contribution < -0.4 is 24.8 Å². The summed E-state index contributed by atoms with van der Waals surface area (Å²) in [6.45, 7) is 4.44. The molecule has 0 aromatic heterocycles. The molecule has 0 aromatic rings. The molecule has 1 fully saturated rings. The van der Waals surface area contributed by atoms with Crippen molar-refractivity contribution in [3.8, 4) is 0 Å². The van der Waals surface area contributed by atoms with Crippen molar-refractivity contribution in [2.45, 2.75) is 33.1 Å². The molecule has 2 unspecified atom stereocenters. The zero-order valence-electron chi connectivity index (χ0n) is 11.5. The fraction of sp³-hybridized carbons (Fsp3) is 0.438. The Labute approximate surface area is 149 Å². The van der Waals surface area contributed by atoms with E-state index in [-0.39, 0.29) is 51.0 Å². The second-order valence-corrected chi connectivity index (χ2v) is 4.76. The van der Waals surface area contributed by atoms with Crippen LogP contribution in [0.3, 0.4) is 0 Å². The molecule has 19 heavy (non-hydrogen) atoms. The third-order valence-electron chi connectivity index (χ3n) is 3.55. The molecule has 0 saturated heterocycles. The summed E-state index contributed by atoms with van der Waals surface area (Å²) in [6.07, 6.45) is 20.0. The summed E-state index contributed by atoms with van der Waals surface area (Å²) < 4.78 is 0. The SMILES string of the molecule is CC1=CC2[CH-]CCC2C=C1C.[C-]1=CC=CC1.[Cl-].[Cl-].[Zr+4]. The molecule has 0 aliphatic heterocycles. The zero-order chi connectivity index (χ0) is 11.4. The molecule has 102 valence electrons. The summed E-state index contributed by atoms with van der Waals surface area (Å²) in [7, 11) is 0. The van der Waals surface area contributed by atoms with Crippen LogP contribution in [0.4, 0.5) is 0 Å². The molecule has 0 radical (unpaired) electrons. The number of hydrogen-bond donors (Lipinski definition) is 0. The van der Waals surface area contributed by atoms with Gasteiger partial charge in [0.15, 0.2) is 0 Å². The van der Waals surface area contributed by atoms with Crippen molar-refractivity contribution in [2.24, 2.45) is 11.8 Å². The first-order valence-electron chi connectivity index (χ1n) is 6.19. The first-order valence-corrected chi connectivity index (χ1v) is 6.19. The van der Waals surface area contributed by atoms with E-state index in [2.05, 4.69) is 44.6 Å². The summed E-state index contributed by atoms with van der Waals surface area (Å²) in [5.74, 6) is 1.59. The second-order valence-electron chi connectivity index (χ2n) is 4.76. The topological polar surface area (TPSA) is 0 Å². The van der Waals surface area contributed by atoms with Gasteiger partial charge in [-0.05, 0) is 19.8 Å². The molecule has 0 aromatic carbocycles. The zero-order valence-corrected chi connectivity index (χ0v) is 15.5. The molecule has 3 heteroatoms. The predicted molar refractivity (Wildman–Crippen MR) is 69.6 cm³/mol. The molecular formula is C16H20Cl2Zr. The van der Waals surface area contributed by atoms with Crippen LogP contribution in [0.5, 0.6) is 0 Å². The Bertz CT molecular complexity index is 333. The van der Waals surface area contributed by atoms with Crippen LogP contribution in [0.1, 0.15) is 33.1 Å². The van der Waals surface area contributed by atoms with Crippen molar-refractivity contribution in [3.05, 3.63) is 54.0 Å². The van der Waals surface area contributed by atoms with E-state index in [0.29, 0.717) is 0 Å². The predicted octanol–water partition coefficient (Wildman–Crippen LogP) is -1.57. The van der Waals surface area contributed by atoms with E-state index >= 15 is 0 Å². The maximum atomic E-state index is 2.99. The number of rotatable bonds is 0. The Morgan fingerprint density at radius 3 is 2.37 bits per heavy atom. The van der Waals surface area contributed by atoms with Gasteiger partial charge in [-0.2, -0.15) is 12.5 Å². The van der Waals surface area contributed by atoms with E-state index < -0.39 is 0 Å². The summed E-state index contributed by atoms with van der Waals surface area (Å²) in [6, 6.07) is 0. The number of hydrogen-bond acceptors (Lipinski definition) is 0. The van der Waals surface area contributed by atoms with E-state index in [4.69, 9.17) is 0 Å². The average molecular weight is 374 g/mol. The van der Waals surface area contributed by atoms with Gasteiger partial charge in [-0.3, -0.25) is 6.08 Å². The molecule has 0 spiro atoms. The molecule has 3 aliphatic rings. The molecule has 1 saturated carbocycles. The van der Waals surface area contributed by atoms with Crippen LogP contribution in [-0.4, -0.2) is 0 Å². The maximum Gasteiger partial charge on any atom is 4.00 e. The van der Waals surface area contributed by atoms with Gasteiger partial charge in [-0.15, -0.1) is 18.4 Å². The Kier molecular flexibility index (Phi) is 12.7. The summed E-state index contributed by atoms with van der Waals surface area (Å²) in [4.78, 5) is 0. The number of fused-ring (bicyclic) bond motifs is 1. The molecular weight excluding hydrogens is 354 g/mol. The Morgan fingerprint density at radius 1 is 1.16 bits per heavy atom. The standard InChI is InChI=1S/C11H15.C5H5.2ClH.Zr/c1-8-6-10-4-3-5-11(10)7-9(8)2;1-2-4-5-3-1;;;/h4,6-7,10-11H,3,5H2,1-2H3;1-3H,4H2;2*1H;/q2*-1;;;+4/p-2. The Morgan fingerprint density at radius 2 is 1.84 bits per heavy atom. The van der Waals surface area contributed by atoms with Crippen molar-refractivity contribution in [1.82, 2.24) is 0 Å². The van der Waals surface area contributed by atoms with E-state index in [0.717, 1.165) is 18.3 Å². The van der Waals surface area contributed by atoms with Gasteiger partial charge in [0.1, 0.15) is 0 Å². The van der Waals surface area contributed by atoms with E-state index in [9.17, 15) is 0 Å². The van der Waals surface area contributed by atoms with Crippen molar-refractivity contribution in [3.63, 3.8) is 0 Å². The number of allylic oxidation sites excluding steroid dienone is 8. The summed E-state index contributed by atoms with van der Waals surface area (Å²) in [5, 5.41) is 0. The smallest absolute Gasteiger partial charge is 1.00 e. The first kappa shape index (κ1) is 21.7. The summed E-state index contributed by atoms with van der Waals surface area (Å²) >= 11 is 0. The van der Waals surface area contributed by atoms with E-state index in [1.54, 1.807) is 0 Å². The van der Waals surface area contributed by atoms with Crippen LogP contribution in [0, 0.1) is 24.3 Å². The molecule has 2 atom stereocenters. The second kappa shape index (κ2) is 11.1. The molecule has 3 aliphatic carbocycles. The molecule has 0 heterocycles. The molecule has 0 N–H and O–H groups in total. The van der Waals surface area contributed by atoms with E-state index in [1.807, 2.05) is 12.2 Å². The Balaban J connectivity index is 0. The minimum Gasteiger partial charge on any atom is -1.00 e. The quantitative estimate of drug-likeness (QED) is 0.450. The fourth-order valence-corrected chi connectivity index (χ4v) is 2.45.